The molecule has 1 N–H and O–H groups in total. The van der Waals surface area contributed by atoms with E-state index in [0.717, 1.165) is 22.5 Å². The highest BCUT2D eigenvalue weighted by atomic mass is 35.5. The van der Waals surface area contributed by atoms with Crippen molar-refractivity contribution < 1.29 is 28.6 Å². The minimum atomic E-state index is -1.07. The molecule has 1 aliphatic heterocycles. The van der Waals surface area contributed by atoms with E-state index < -0.39 is 23.5 Å². The van der Waals surface area contributed by atoms with E-state index in [1.165, 1.54) is 36.1 Å². The molecule has 13 heteroatoms. The summed E-state index contributed by atoms with van der Waals surface area (Å²) >= 11 is 14.9. The fraction of sp³-hybridized carbons (Fsp3) is 0.125. The number of hydrogen-bond acceptors (Lipinski definition) is 10. The lowest BCUT2D eigenvalue weighted by Crippen LogP contribution is -2.31. The summed E-state index contributed by atoms with van der Waals surface area (Å²) in [6.07, 6.45) is 1.34. The van der Waals surface area contributed by atoms with E-state index >= 15 is 0 Å². The summed E-state index contributed by atoms with van der Waals surface area (Å²) in [5.74, 6) is -0.856. The topological polar surface area (TPSA) is 115 Å². The zero-order chi connectivity index (χ0) is 31.5. The molecule has 3 aromatic carbocycles. The molecule has 0 spiro atoms. The summed E-state index contributed by atoms with van der Waals surface area (Å²) in [4.78, 5) is 28.5. The number of benzene rings is 3. The molecule has 1 unspecified atom stereocenters. The van der Waals surface area contributed by atoms with Gasteiger partial charge in [-0.3, -0.25) is 14.5 Å². The first-order valence-electron chi connectivity index (χ1n) is 13.4. The summed E-state index contributed by atoms with van der Waals surface area (Å²) in [6, 6.07) is 21.9. The molecule has 5 aromatic rings. The third-order valence-corrected chi connectivity index (χ3v) is 9.60. The van der Waals surface area contributed by atoms with Crippen LogP contribution in [0.25, 0.3) is 0 Å². The van der Waals surface area contributed by atoms with Crippen molar-refractivity contribution >= 4 is 63.1 Å². The van der Waals surface area contributed by atoms with Crippen molar-refractivity contribution in [3.05, 3.63) is 129 Å². The number of ketones is 1. The second-order valence-electron chi connectivity index (χ2n) is 9.71. The first-order chi connectivity index (χ1) is 21.8. The van der Waals surface area contributed by atoms with Gasteiger partial charge in [-0.25, -0.2) is 0 Å². The Morgan fingerprint density at radius 3 is 2.60 bits per heavy atom. The lowest BCUT2D eigenvalue weighted by molar-refractivity contribution is -0.117. The van der Waals surface area contributed by atoms with Gasteiger partial charge in [0.05, 0.1) is 25.0 Å². The van der Waals surface area contributed by atoms with E-state index in [4.69, 9.17) is 37.1 Å². The number of amides is 1. The number of thioether (sulfide) groups is 1. The lowest BCUT2D eigenvalue weighted by atomic mass is 9.95. The van der Waals surface area contributed by atoms with Crippen molar-refractivity contribution in [2.24, 2.45) is 0 Å². The van der Waals surface area contributed by atoms with E-state index in [9.17, 15) is 14.7 Å². The van der Waals surface area contributed by atoms with E-state index in [1.54, 1.807) is 36.4 Å². The molecule has 0 fully saturated rings. The van der Waals surface area contributed by atoms with Gasteiger partial charge in [0.2, 0.25) is 10.9 Å². The predicted molar refractivity (Wildman–Crippen MR) is 173 cm³/mol. The number of anilines is 1. The van der Waals surface area contributed by atoms with Crippen LogP contribution in [0, 0.1) is 0 Å². The number of Topliss-reactive ketones (excluding diaryl/α,β-unsaturated/α-hetero) is 1. The third kappa shape index (κ3) is 6.43. The molecule has 1 atom stereocenters. The summed E-state index contributed by atoms with van der Waals surface area (Å²) in [5, 5.41) is 20.8. The molecule has 0 radical (unpaired) electrons. The molecule has 0 aliphatic carbocycles. The minimum Gasteiger partial charge on any atom is -0.503 e. The maximum atomic E-state index is 13.6. The number of methoxy groups -OCH3 is 1. The van der Waals surface area contributed by atoms with Crippen LogP contribution in [0.3, 0.4) is 0 Å². The Labute approximate surface area is 276 Å². The van der Waals surface area contributed by atoms with Crippen LogP contribution in [0.15, 0.2) is 105 Å². The Balaban J connectivity index is 1.33. The number of halogens is 2. The van der Waals surface area contributed by atoms with Crippen LogP contribution in [0.1, 0.15) is 33.3 Å². The molecule has 0 saturated carbocycles. The summed E-state index contributed by atoms with van der Waals surface area (Å²) in [5.41, 5.74) is 2.14. The number of carbonyl (C=O) groups is 2. The lowest BCUT2D eigenvalue weighted by Gasteiger charge is -2.24. The smallest absolute Gasteiger partial charge is 0.296 e. The quantitative estimate of drug-likeness (QED) is 0.0840. The van der Waals surface area contributed by atoms with Gasteiger partial charge in [0.15, 0.2) is 27.4 Å². The Bertz CT molecular complexity index is 1900. The van der Waals surface area contributed by atoms with Crippen LogP contribution in [-0.2, 0) is 17.2 Å². The molecule has 45 heavy (non-hydrogen) atoms. The molecule has 1 aliphatic rings. The number of aromatic nitrogens is 2. The molecule has 0 saturated heterocycles. The molecule has 9 nitrogen and oxygen atoms in total. The van der Waals surface area contributed by atoms with Gasteiger partial charge in [0.25, 0.3) is 5.91 Å². The Hall–Kier alpha value is -4.29. The van der Waals surface area contributed by atoms with Gasteiger partial charge in [0, 0.05) is 15.8 Å². The first kappa shape index (κ1) is 30.7. The highest BCUT2D eigenvalue weighted by molar-refractivity contribution is 8.00. The van der Waals surface area contributed by atoms with Crippen LogP contribution in [0.5, 0.6) is 11.5 Å². The number of nitrogens with zero attached hydrogens (tertiary/aromatic N) is 3. The molecule has 2 aromatic heterocycles. The van der Waals surface area contributed by atoms with Gasteiger partial charge >= 0.3 is 0 Å². The summed E-state index contributed by atoms with van der Waals surface area (Å²) in [6.45, 7) is 0.306. The van der Waals surface area contributed by atoms with Crippen molar-refractivity contribution in [2.75, 3.05) is 12.0 Å². The van der Waals surface area contributed by atoms with Crippen LogP contribution >= 0.6 is 46.3 Å². The number of aliphatic hydroxyl groups is 1. The first-order valence-corrected chi connectivity index (χ1v) is 16.0. The van der Waals surface area contributed by atoms with Crippen LogP contribution in [0.2, 0.25) is 10.0 Å². The number of aliphatic hydroxyl groups excluding tert-OH is 1. The average molecular weight is 681 g/mol. The minimum absolute atomic E-state index is 0.0284. The number of furan rings is 1. The molecule has 6 rings (SSSR count). The SMILES string of the molecule is COc1cc(C2C(C(=O)c3ccco3)=C(O)C(=O)N2c2nnc(SCc3ccc(Cl)cc3Cl)s2)ccc1OCc1ccccc1. The van der Waals surface area contributed by atoms with E-state index in [1.807, 2.05) is 36.4 Å². The predicted octanol–water partition coefficient (Wildman–Crippen LogP) is 8.10. The normalized spacial score (nSPS) is 14.7. The molecule has 228 valence electrons. The van der Waals surface area contributed by atoms with Gasteiger partial charge < -0.3 is 19.0 Å². The monoisotopic (exact) mass is 679 g/mol. The molecular weight excluding hydrogens is 657 g/mol. The number of rotatable bonds is 11. The largest absolute Gasteiger partial charge is 0.503 e. The van der Waals surface area contributed by atoms with E-state index in [2.05, 4.69) is 10.2 Å². The van der Waals surface area contributed by atoms with Crippen molar-refractivity contribution in [3.8, 4) is 11.5 Å². The zero-order valence-electron chi connectivity index (χ0n) is 23.5. The number of ether oxygens (including phenoxy) is 2. The number of carbonyl (C=O) groups excluding carboxylic acids is 2. The Morgan fingerprint density at radius 2 is 1.87 bits per heavy atom. The highest BCUT2D eigenvalue weighted by Crippen LogP contribution is 2.45. The fourth-order valence-electron chi connectivity index (χ4n) is 4.74. The van der Waals surface area contributed by atoms with Gasteiger partial charge in [-0.05, 0) is 53.1 Å². The van der Waals surface area contributed by atoms with E-state index in [0.29, 0.717) is 43.8 Å². The molecule has 0 bridgehead atoms. The zero-order valence-corrected chi connectivity index (χ0v) is 26.6. The van der Waals surface area contributed by atoms with Gasteiger partial charge in [0.1, 0.15) is 6.61 Å². The van der Waals surface area contributed by atoms with Gasteiger partial charge in [-0.15, -0.1) is 10.2 Å². The molecular formula is C32H23Cl2N3O6S2. The third-order valence-electron chi connectivity index (χ3n) is 6.91. The highest BCUT2D eigenvalue weighted by Gasteiger charge is 2.47. The van der Waals surface area contributed by atoms with Crippen molar-refractivity contribution in [2.45, 2.75) is 22.7 Å². The van der Waals surface area contributed by atoms with Gasteiger partial charge in [-0.1, -0.05) is 88.8 Å². The maximum absolute atomic E-state index is 13.6. The summed E-state index contributed by atoms with van der Waals surface area (Å²) in [7, 11) is 1.50. The van der Waals surface area contributed by atoms with Crippen molar-refractivity contribution in [1.82, 2.24) is 10.2 Å². The Morgan fingerprint density at radius 1 is 1.04 bits per heavy atom. The maximum Gasteiger partial charge on any atom is 0.296 e. The van der Waals surface area contributed by atoms with Crippen molar-refractivity contribution in [1.29, 1.82) is 0 Å². The average Bonchev–Trinajstić information content (AvgIpc) is 3.81. The second-order valence-corrected chi connectivity index (χ2v) is 12.7. The van der Waals surface area contributed by atoms with Crippen LogP contribution < -0.4 is 14.4 Å². The fourth-order valence-corrected chi connectivity index (χ4v) is 7.16. The standard InChI is InChI=1S/C32H23Cl2N3O6S2/c1-41-25-14-19(10-12-23(25)43-16-18-6-3-2-4-7-18)27-26(28(38)24-8-5-13-42-24)29(39)30(40)37(27)31-35-36-32(45-31)44-17-20-9-11-21(33)15-22(20)34/h2-15,27,39H,16-17H2,1H3. The van der Waals surface area contributed by atoms with E-state index in [-0.39, 0.29) is 16.5 Å². The van der Waals surface area contributed by atoms with Crippen LogP contribution in [-0.4, -0.2) is 34.1 Å². The molecule has 3 heterocycles. The number of hydrogen-bond donors (Lipinski definition) is 1. The second kappa shape index (κ2) is 13.4. The Kier molecular flexibility index (Phi) is 9.13. The molecule has 1 amide bonds. The van der Waals surface area contributed by atoms with Crippen molar-refractivity contribution in [3.63, 3.8) is 0 Å². The van der Waals surface area contributed by atoms with Crippen LogP contribution in [0.4, 0.5) is 5.13 Å². The summed E-state index contributed by atoms with van der Waals surface area (Å²) < 4.78 is 17.5. The van der Waals surface area contributed by atoms with Gasteiger partial charge in [-0.2, -0.15) is 0 Å².